The van der Waals surface area contributed by atoms with Crippen molar-refractivity contribution in [2.45, 2.75) is 6.92 Å². The molecule has 6 aromatic carbocycles. The summed E-state index contributed by atoms with van der Waals surface area (Å²) < 4.78 is 2.51. The largest absolute Gasteiger partial charge is 0.327 e. The van der Waals surface area contributed by atoms with Crippen molar-refractivity contribution in [3.8, 4) is 16.8 Å². The summed E-state index contributed by atoms with van der Waals surface area (Å²) in [6.07, 6.45) is 0. The molecule has 1 aromatic heterocycles. The van der Waals surface area contributed by atoms with Crippen LogP contribution in [0.1, 0.15) is 6.92 Å². The minimum absolute atomic E-state index is 0.878. The second-order valence-electron chi connectivity index (χ2n) is 9.71. The van der Waals surface area contributed by atoms with Crippen molar-refractivity contribution in [3.05, 3.63) is 115 Å². The van der Waals surface area contributed by atoms with Crippen LogP contribution >= 0.6 is 0 Å². The molecular formula is C34H24N2. The molecule has 2 heterocycles. The van der Waals surface area contributed by atoms with E-state index in [1.54, 1.807) is 0 Å². The summed E-state index contributed by atoms with van der Waals surface area (Å²) in [5, 5.41) is 8.91. The molecule has 0 saturated heterocycles. The van der Waals surface area contributed by atoms with Gasteiger partial charge in [0, 0.05) is 33.8 Å². The summed E-state index contributed by atoms with van der Waals surface area (Å²) in [5.74, 6) is 1.22. The highest BCUT2D eigenvalue weighted by Crippen LogP contribution is 2.49. The van der Waals surface area contributed by atoms with Gasteiger partial charge in [0.2, 0.25) is 0 Å². The Morgan fingerprint density at radius 1 is 0.528 bits per heavy atom. The molecule has 7 aromatic rings. The van der Waals surface area contributed by atoms with Crippen LogP contribution in [0, 0.1) is 0 Å². The topological polar surface area (TPSA) is 8.17 Å². The predicted molar refractivity (Wildman–Crippen MR) is 154 cm³/mol. The van der Waals surface area contributed by atoms with Crippen LogP contribution in [-0.2, 0) is 0 Å². The van der Waals surface area contributed by atoms with Gasteiger partial charge in [-0.3, -0.25) is 4.57 Å². The Labute approximate surface area is 209 Å². The summed E-state index contributed by atoms with van der Waals surface area (Å²) in [5.41, 5.74) is 6.36. The number of fused-ring (bicyclic) bond motifs is 12. The average molecular weight is 461 g/mol. The number of rotatable bonds is 1. The van der Waals surface area contributed by atoms with Gasteiger partial charge in [-0.25, -0.2) is 0 Å². The lowest BCUT2D eigenvalue weighted by atomic mass is 9.94. The molecule has 1 aliphatic heterocycles. The maximum absolute atomic E-state index is 2.51. The summed E-state index contributed by atoms with van der Waals surface area (Å²) in [6.45, 7) is 3.14. The van der Waals surface area contributed by atoms with E-state index < -0.39 is 0 Å². The van der Waals surface area contributed by atoms with Crippen molar-refractivity contribution in [2.75, 3.05) is 11.4 Å². The molecular weight excluding hydrogens is 436 g/mol. The van der Waals surface area contributed by atoms with E-state index in [4.69, 9.17) is 0 Å². The molecule has 2 nitrogen and oxygen atoms in total. The van der Waals surface area contributed by atoms with E-state index in [1.807, 2.05) is 0 Å². The maximum atomic E-state index is 2.51. The van der Waals surface area contributed by atoms with E-state index in [0.29, 0.717) is 0 Å². The second kappa shape index (κ2) is 7.22. The van der Waals surface area contributed by atoms with Crippen LogP contribution < -0.4 is 4.90 Å². The zero-order valence-corrected chi connectivity index (χ0v) is 20.1. The van der Waals surface area contributed by atoms with Crippen LogP contribution in [0.3, 0.4) is 0 Å². The summed E-state index contributed by atoms with van der Waals surface area (Å²) >= 11 is 0. The van der Waals surface area contributed by atoms with Gasteiger partial charge in [-0.05, 0) is 46.7 Å². The highest BCUT2D eigenvalue weighted by molar-refractivity contribution is 6.13. The fraction of sp³-hybridized carbons (Fsp3) is 0.0588. The molecule has 1 aliphatic rings. The first-order valence-electron chi connectivity index (χ1n) is 12.7. The SMILES string of the molecule is CCN1c2c(ccc3ccccc23)-c2cc3ccccc3cc2-n2c1cc1ccc3ccccc3c12. The van der Waals surface area contributed by atoms with Crippen molar-refractivity contribution in [1.82, 2.24) is 4.57 Å². The molecule has 0 spiro atoms. The van der Waals surface area contributed by atoms with Gasteiger partial charge in [-0.15, -0.1) is 0 Å². The number of benzene rings is 6. The van der Waals surface area contributed by atoms with Crippen molar-refractivity contribution in [1.29, 1.82) is 0 Å². The van der Waals surface area contributed by atoms with Gasteiger partial charge in [0.1, 0.15) is 5.82 Å². The molecule has 0 saturated carbocycles. The van der Waals surface area contributed by atoms with E-state index in [0.717, 1.165) is 6.54 Å². The standard InChI is InChI=1S/C34H24N2/c1-2-35-32-21-26-16-15-22-9-5-7-13-27(22)33(26)36(32)31-20-25-12-4-3-11-24(25)19-30(31)29-18-17-23-10-6-8-14-28(23)34(29)35/h3-21H,2H2,1H3. The lowest BCUT2D eigenvalue weighted by Gasteiger charge is -2.25. The first kappa shape index (κ1) is 19.7. The highest BCUT2D eigenvalue weighted by Gasteiger charge is 2.28. The molecule has 2 heteroatoms. The number of nitrogens with zero attached hydrogens (tertiary/aromatic N) is 2. The minimum atomic E-state index is 0.878. The van der Waals surface area contributed by atoms with Crippen molar-refractivity contribution < 1.29 is 0 Å². The van der Waals surface area contributed by atoms with Gasteiger partial charge in [-0.2, -0.15) is 0 Å². The molecule has 0 amide bonds. The van der Waals surface area contributed by atoms with Crippen LogP contribution in [0.15, 0.2) is 115 Å². The Balaban J connectivity index is 1.64. The molecule has 0 fully saturated rings. The Hall–Kier alpha value is -4.56. The summed E-state index contributed by atoms with van der Waals surface area (Å²) in [6, 6.07) is 42.5. The van der Waals surface area contributed by atoms with Crippen LogP contribution in [0.4, 0.5) is 11.5 Å². The van der Waals surface area contributed by atoms with Gasteiger partial charge in [0.05, 0.1) is 16.9 Å². The first-order chi connectivity index (χ1) is 17.8. The zero-order chi connectivity index (χ0) is 23.8. The molecule has 36 heavy (non-hydrogen) atoms. The number of hydrogen-bond donors (Lipinski definition) is 0. The van der Waals surface area contributed by atoms with Crippen LogP contribution in [-0.4, -0.2) is 11.1 Å². The van der Waals surface area contributed by atoms with Crippen LogP contribution in [0.5, 0.6) is 0 Å². The normalized spacial score (nSPS) is 12.6. The lowest BCUT2D eigenvalue weighted by Crippen LogP contribution is -2.18. The number of anilines is 2. The Kier molecular flexibility index (Phi) is 3.96. The number of aromatic nitrogens is 1. The molecule has 0 radical (unpaired) electrons. The second-order valence-corrected chi connectivity index (χ2v) is 9.71. The van der Waals surface area contributed by atoms with E-state index in [9.17, 15) is 0 Å². The number of hydrogen-bond acceptors (Lipinski definition) is 1. The van der Waals surface area contributed by atoms with Crippen molar-refractivity contribution in [2.24, 2.45) is 0 Å². The maximum Gasteiger partial charge on any atom is 0.118 e. The first-order valence-corrected chi connectivity index (χ1v) is 12.7. The molecule has 170 valence electrons. The summed E-state index contributed by atoms with van der Waals surface area (Å²) in [4.78, 5) is 2.51. The van der Waals surface area contributed by atoms with Crippen LogP contribution in [0.25, 0.3) is 60.0 Å². The fourth-order valence-electron chi connectivity index (χ4n) is 6.23. The Morgan fingerprint density at radius 2 is 1.14 bits per heavy atom. The monoisotopic (exact) mass is 460 g/mol. The Morgan fingerprint density at radius 3 is 1.92 bits per heavy atom. The lowest BCUT2D eigenvalue weighted by molar-refractivity contribution is 0.974. The van der Waals surface area contributed by atoms with Gasteiger partial charge in [-0.1, -0.05) is 97.1 Å². The fourth-order valence-corrected chi connectivity index (χ4v) is 6.23. The molecule has 0 atom stereocenters. The van der Waals surface area contributed by atoms with E-state index >= 15 is 0 Å². The molecule has 8 rings (SSSR count). The van der Waals surface area contributed by atoms with Gasteiger partial charge >= 0.3 is 0 Å². The van der Waals surface area contributed by atoms with Crippen LogP contribution in [0.2, 0.25) is 0 Å². The third kappa shape index (κ3) is 2.56. The van der Waals surface area contributed by atoms with E-state index in [1.165, 1.54) is 71.5 Å². The highest BCUT2D eigenvalue weighted by atomic mass is 15.3. The third-order valence-corrected chi connectivity index (χ3v) is 7.83. The molecule has 0 N–H and O–H groups in total. The minimum Gasteiger partial charge on any atom is -0.327 e. The molecule has 0 bridgehead atoms. The molecule has 0 unspecified atom stereocenters. The smallest absolute Gasteiger partial charge is 0.118 e. The molecule has 0 aliphatic carbocycles. The third-order valence-electron chi connectivity index (χ3n) is 7.83. The average Bonchev–Trinajstić information content (AvgIpc) is 3.28. The zero-order valence-electron chi connectivity index (χ0n) is 20.1. The van der Waals surface area contributed by atoms with Crippen molar-refractivity contribution in [3.63, 3.8) is 0 Å². The summed E-state index contributed by atoms with van der Waals surface area (Å²) in [7, 11) is 0. The predicted octanol–water partition coefficient (Wildman–Crippen LogP) is 9.23. The Bertz CT molecular complexity index is 1990. The van der Waals surface area contributed by atoms with Crippen molar-refractivity contribution >= 4 is 54.7 Å². The van der Waals surface area contributed by atoms with Gasteiger partial charge in [0.25, 0.3) is 0 Å². The quantitative estimate of drug-likeness (QED) is 0.237. The van der Waals surface area contributed by atoms with Gasteiger partial charge in [0.15, 0.2) is 0 Å². The van der Waals surface area contributed by atoms with E-state index in [2.05, 4.69) is 132 Å². The van der Waals surface area contributed by atoms with E-state index in [-0.39, 0.29) is 0 Å². The van der Waals surface area contributed by atoms with Gasteiger partial charge < -0.3 is 4.90 Å².